The zero-order valence-corrected chi connectivity index (χ0v) is 14.6. The topological polar surface area (TPSA) is 69.0 Å². The van der Waals surface area contributed by atoms with Gasteiger partial charge in [-0.1, -0.05) is 31.7 Å². The van der Waals surface area contributed by atoms with Crippen molar-refractivity contribution in [1.82, 2.24) is 20.1 Å². The summed E-state index contributed by atoms with van der Waals surface area (Å²) in [5, 5.41) is 11.4. The number of carbonyl (C=O) groups excluding carboxylic acids is 1. The van der Waals surface area contributed by atoms with E-state index >= 15 is 0 Å². The smallest absolute Gasteiger partial charge is 0.233 e. The first-order valence-electron chi connectivity index (χ1n) is 7.50. The zero-order chi connectivity index (χ0) is 16.8. The highest BCUT2D eigenvalue weighted by Crippen LogP contribution is 2.25. The van der Waals surface area contributed by atoms with E-state index in [4.69, 9.17) is 4.74 Å². The van der Waals surface area contributed by atoms with Crippen LogP contribution in [-0.4, -0.2) is 39.6 Å². The Labute approximate surface area is 140 Å². The number of ether oxygens (including phenoxy) is 1. The van der Waals surface area contributed by atoms with Gasteiger partial charge in [0.2, 0.25) is 5.91 Å². The number of nitrogens with one attached hydrogen (secondary N) is 1. The number of benzene rings is 1. The molecule has 1 aromatic carbocycles. The van der Waals surface area contributed by atoms with Crippen LogP contribution >= 0.6 is 11.8 Å². The van der Waals surface area contributed by atoms with Gasteiger partial charge in [-0.3, -0.25) is 9.36 Å². The summed E-state index contributed by atoms with van der Waals surface area (Å²) in [6.07, 6.45) is 1.63. The molecule has 0 aliphatic heterocycles. The Morgan fingerprint density at radius 2 is 2.17 bits per heavy atom. The molecule has 0 saturated carbocycles. The summed E-state index contributed by atoms with van der Waals surface area (Å²) in [5.74, 6) is 1.19. The third-order valence-corrected chi connectivity index (χ3v) is 4.24. The SMILES string of the molecule is COc1cccc(-n2cnnc2SC(C)C(=O)NCC(C)C)c1. The fourth-order valence-corrected chi connectivity index (χ4v) is 2.77. The number of rotatable bonds is 7. The fraction of sp³-hybridized carbons (Fsp3) is 0.438. The Morgan fingerprint density at radius 1 is 1.39 bits per heavy atom. The van der Waals surface area contributed by atoms with Gasteiger partial charge >= 0.3 is 0 Å². The molecule has 0 spiro atoms. The van der Waals surface area contributed by atoms with E-state index < -0.39 is 0 Å². The first-order chi connectivity index (χ1) is 11.0. The van der Waals surface area contributed by atoms with Crippen LogP contribution < -0.4 is 10.1 Å². The standard InChI is InChI=1S/C16H22N4O2S/c1-11(2)9-17-15(21)12(3)23-16-19-18-10-20(16)13-6-5-7-14(8-13)22-4/h5-8,10-12H,9H2,1-4H3,(H,17,21). The molecule has 1 N–H and O–H groups in total. The Morgan fingerprint density at radius 3 is 2.87 bits per heavy atom. The molecule has 124 valence electrons. The van der Waals surface area contributed by atoms with Gasteiger partial charge in [-0.25, -0.2) is 0 Å². The maximum atomic E-state index is 12.1. The number of hydrogen-bond donors (Lipinski definition) is 1. The van der Waals surface area contributed by atoms with Crippen molar-refractivity contribution >= 4 is 17.7 Å². The lowest BCUT2D eigenvalue weighted by atomic mass is 10.2. The second kappa shape index (κ2) is 8.01. The average molecular weight is 334 g/mol. The fourth-order valence-electron chi connectivity index (χ4n) is 1.90. The van der Waals surface area contributed by atoms with Crippen molar-refractivity contribution in [3.8, 4) is 11.4 Å². The Bertz CT molecular complexity index is 657. The molecule has 0 saturated heterocycles. The first-order valence-corrected chi connectivity index (χ1v) is 8.38. The number of carbonyl (C=O) groups is 1. The average Bonchev–Trinajstić information content (AvgIpc) is 3.00. The molecule has 0 aliphatic rings. The van der Waals surface area contributed by atoms with Crippen molar-refractivity contribution in [2.75, 3.05) is 13.7 Å². The highest BCUT2D eigenvalue weighted by Gasteiger charge is 2.18. The lowest BCUT2D eigenvalue weighted by Gasteiger charge is -2.13. The lowest BCUT2D eigenvalue weighted by Crippen LogP contribution is -2.33. The summed E-state index contributed by atoms with van der Waals surface area (Å²) in [4.78, 5) is 12.1. The molecule has 7 heteroatoms. The predicted octanol–water partition coefficient (Wildman–Crippen LogP) is 2.53. The van der Waals surface area contributed by atoms with Crippen molar-refractivity contribution < 1.29 is 9.53 Å². The summed E-state index contributed by atoms with van der Waals surface area (Å²) in [5.41, 5.74) is 0.895. The second-order valence-electron chi connectivity index (χ2n) is 5.58. The van der Waals surface area contributed by atoms with E-state index in [0.717, 1.165) is 11.4 Å². The molecule has 0 radical (unpaired) electrons. The Balaban J connectivity index is 2.10. The molecule has 1 heterocycles. The summed E-state index contributed by atoms with van der Waals surface area (Å²) >= 11 is 1.38. The molecular formula is C16H22N4O2S. The van der Waals surface area contributed by atoms with Crippen LogP contribution in [0.3, 0.4) is 0 Å². The monoisotopic (exact) mass is 334 g/mol. The van der Waals surface area contributed by atoms with Gasteiger partial charge in [-0.15, -0.1) is 10.2 Å². The third kappa shape index (κ3) is 4.72. The van der Waals surface area contributed by atoms with Crippen LogP contribution in [0.25, 0.3) is 5.69 Å². The van der Waals surface area contributed by atoms with Crippen LogP contribution in [0, 0.1) is 5.92 Å². The van der Waals surface area contributed by atoms with E-state index in [2.05, 4.69) is 29.4 Å². The molecule has 0 aliphatic carbocycles. The van der Waals surface area contributed by atoms with E-state index in [1.807, 2.05) is 35.8 Å². The minimum atomic E-state index is -0.248. The number of amides is 1. The highest BCUT2D eigenvalue weighted by atomic mass is 32.2. The summed E-state index contributed by atoms with van der Waals surface area (Å²) < 4.78 is 7.09. The predicted molar refractivity (Wildman–Crippen MR) is 91.1 cm³/mol. The van der Waals surface area contributed by atoms with Crippen LogP contribution in [-0.2, 0) is 4.79 Å². The molecule has 23 heavy (non-hydrogen) atoms. The molecule has 1 unspecified atom stereocenters. The van der Waals surface area contributed by atoms with Gasteiger partial charge in [0, 0.05) is 12.6 Å². The van der Waals surface area contributed by atoms with Crippen molar-refractivity contribution in [2.24, 2.45) is 5.92 Å². The summed E-state index contributed by atoms with van der Waals surface area (Å²) in [7, 11) is 1.63. The molecule has 1 amide bonds. The van der Waals surface area contributed by atoms with Crippen molar-refractivity contribution in [3.05, 3.63) is 30.6 Å². The van der Waals surface area contributed by atoms with Crippen LogP contribution in [0.2, 0.25) is 0 Å². The molecule has 0 fully saturated rings. The molecule has 1 aromatic heterocycles. The number of thioether (sulfide) groups is 1. The number of hydrogen-bond acceptors (Lipinski definition) is 5. The van der Waals surface area contributed by atoms with E-state index in [-0.39, 0.29) is 11.2 Å². The highest BCUT2D eigenvalue weighted by molar-refractivity contribution is 8.00. The first kappa shape index (κ1) is 17.3. The molecular weight excluding hydrogens is 312 g/mol. The van der Waals surface area contributed by atoms with Crippen molar-refractivity contribution in [2.45, 2.75) is 31.2 Å². The number of nitrogens with zero attached hydrogens (tertiary/aromatic N) is 3. The maximum Gasteiger partial charge on any atom is 0.233 e. The van der Waals surface area contributed by atoms with Crippen LogP contribution in [0.1, 0.15) is 20.8 Å². The van der Waals surface area contributed by atoms with Gasteiger partial charge in [-0.2, -0.15) is 0 Å². The van der Waals surface area contributed by atoms with Gasteiger partial charge in [0.15, 0.2) is 5.16 Å². The van der Waals surface area contributed by atoms with E-state index in [9.17, 15) is 4.79 Å². The molecule has 0 bridgehead atoms. The Kier molecular flexibility index (Phi) is 6.04. The summed E-state index contributed by atoms with van der Waals surface area (Å²) in [6.45, 7) is 6.67. The molecule has 1 atom stereocenters. The van der Waals surface area contributed by atoms with Gasteiger partial charge in [0.05, 0.1) is 18.0 Å². The van der Waals surface area contributed by atoms with Crippen LogP contribution in [0.15, 0.2) is 35.7 Å². The minimum Gasteiger partial charge on any atom is -0.497 e. The van der Waals surface area contributed by atoms with Crippen molar-refractivity contribution in [3.63, 3.8) is 0 Å². The van der Waals surface area contributed by atoms with E-state index in [0.29, 0.717) is 17.6 Å². The zero-order valence-electron chi connectivity index (χ0n) is 13.8. The normalized spacial score (nSPS) is 12.2. The summed E-state index contributed by atoms with van der Waals surface area (Å²) in [6, 6.07) is 7.63. The van der Waals surface area contributed by atoms with Crippen LogP contribution in [0.5, 0.6) is 5.75 Å². The van der Waals surface area contributed by atoms with Gasteiger partial charge in [-0.05, 0) is 25.0 Å². The number of methoxy groups -OCH3 is 1. The van der Waals surface area contributed by atoms with Gasteiger partial charge in [0.25, 0.3) is 0 Å². The molecule has 2 rings (SSSR count). The second-order valence-corrected chi connectivity index (χ2v) is 6.89. The third-order valence-electron chi connectivity index (χ3n) is 3.18. The minimum absolute atomic E-state index is 0.00360. The van der Waals surface area contributed by atoms with E-state index in [1.165, 1.54) is 11.8 Å². The Hall–Kier alpha value is -2.02. The lowest BCUT2D eigenvalue weighted by molar-refractivity contribution is -0.120. The van der Waals surface area contributed by atoms with E-state index in [1.54, 1.807) is 13.4 Å². The quantitative estimate of drug-likeness (QED) is 0.788. The van der Waals surface area contributed by atoms with Crippen LogP contribution in [0.4, 0.5) is 0 Å². The van der Waals surface area contributed by atoms with Gasteiger partial charge in [0.1, 0.15) is 12.1 Å². The number of aromatic nitrogens is 3. The molecule has 2 aromatic rings. The van der Waals surface area contributed by atoms with Gasteiger partial charge < -0.3 is 10.1 Å². The molecule has 6 nitrogen and oxygen atoms in total. The van der Waals surface area contributed by atoms with Crippen molar-refractivity contribution in [1.29, 1.82) is 0 Å². The maximum absolute atomic E-state index is 12.1. The largest absolute Gasteiger partial charge is 0.497 e.